The molecule has 0 amide bonds. The summed E-state index contributed by atoms with van der Waals surface area (Å²) >= 11 is 0. The van der Waals surface area contributed by atoms with Gasteiger partial charge >= 0.3 is 5.97 Å². The average molecular weight is 207 g/mol. The Morgan fingerprint density at radius 2 is 2.20 bits per heavy atom. The summed E-state index contributed by atoms with van der Waals surface area (Å²) in [5.74, 6) is -1.08. The summed E-state index contributed by atoms with van der Waals surface area (Å²) in [6.45, 7) is 1.76. The SMILES string of the molecule is Cc1ccc([N+](=O)[O-])cc1/C=C\C(=O)O. The minimum atomic E-state index is -1.08. The number of carboxylic acids is 1. The molecule has 1 rings (SSSR count). The quantitative estimate of drug-likeness (QED) is 0.467. The van der Waals surface area contributed by atoms with Gasteiger partial charge in [0.2, 0.25) is 0 Å². The number of nitro groups is 1. The molecule has 5 heteroatoms. The lowest BCUT2D eigenvalue weighted by molar-refractivity contribution is -0.384. The number of nitro benzene ring substituents is 1. The third-order valence-corrected chi connectivity index (χ3v) is 1.88. The summed E-state index contributed by atoms with van der Waals surface area (Å²) in [6, 6.07) is 4.31. The number of rotatable bonds is 3. The molecule has 0 heterocycles. The Morgan fingerprint density at radius 3 is 2.73 bits per heavy atom. The van der Waals surface area contributed by atoms with Crippen molar-refractivity contribution in [3.63, 3.8) is 0 Å². The molecule has 0 unspecified atom stereocenters. The molecule has 0 bridgehead atoms. The fourth-order valence-corrected chi connectivity index (χ4v) is 1.08. The van der Waals surface area contributed by atoms with Crippen LogP contribution in [0.2, 0.25) is 0 Å². The third-order valence-electron chi connectivity index (χ3n) is 1.88. The van der Waals surface area contributed by atoms with E-state index in [2.05, 4.69) is 0 Å². The van der Waals surface area contributed by atoms with Crippen molar-refractivity contribution in [2.75, 3.05) is 0 Å². The first-order chi connectivity index (χ1) is 7.00. The van der Waals surface area contributed by atoms with Gasteiger partial charge < -0.3 is 5.11 Å². The molecular formula is C10H9NO4. The maximum Gasteiger partial charge on any atom is 0.328 e. The molecule has 0 radical (unpaired) electrons. The van der Waals surface area contributed by atoms with Crippen LogP contribution in [0.5, 0.6) is 0 Å². The number of non-ortho nitro benzene ring substituents is 1. The fraction of sp³-hybridized carbons (Fsp3) is 0.100. The molecule has 15 heavy (non-hydrogen) atoms. The summed E-state index contributed by atoms with van der Waals surface area (Å²) in [4.78, 5) is 20.2. The van der Waals surface area contributed by atoms with E-state index < -0.39 is 10.9 Å². The zero-order valence-electron chi connectivity index (χ0n) is 8.01. The first-order valence-corrected chi connectivity index (χ1v) is 4.17. The summed E-state index contributed by atoms with van der Waals surface area (Å²) < 4.78 is 0. The van der Waals surface area contributed by atoms with Gasteiger partial charge in [-0.15, -0.1) is 0 Å². The van der Waals surface area contributed by atoms with Crippen molar-refractivity contribution in [3.8, 4) is 0 Å². The van der Waals surface area contributed by atoms with E-state index in [9.17, 15) is 14.9 Å². The topological polar surface area (TPSA) is 80.4 Å². The van der Waals surface area contributed by atoms with E-state index in [1.165, 1.54) is 18.2 Å². The molecule has 78 valence electrons. The minimum Gasteiger partial charge on any atom is -0.478 e. The molecule has 0 aliphatic rings. The number of hydrogen-bond donors (Lipinski definition) is 1. The van der Waals surface area contributed by atoms with Gasteiger partial charge in [-0.1, -0.05) is 6.07 Å². The standard InChI is InChI=1S/C10H9NO4/c1-7-2-4-9(11(14)15)6-8(7)3-5-10(12)13/h2-6H,1H3,(H,12,13)/b5-3-. The highest BCUT2D eigenvalue weighted by atomic mass is 16.6. The minimum absolute atomic E-state index is 0.0503. The maximum atomic E-state index is 10.5. The second-order valence-corrected chi connectivity index (χ2v) is 2.97. The van der Waals surface area contributed by atoms with E-state index in [4.69, 9.17) is 5.11 Å². The second kappa shape index (κ2) is 4.36. The van der Waals surface area contributed by atoms with Crippen LogP contribution in [-0.2, 0) is 4.79 Å². The number of aryl methyl sites for hydroxylation is 1. The van der Waals surface area contributed by atoms with Gasteiger partial charge in [-0.05, 0) is 24.1 Å². The molecule has 0 spiro atoms. The van der Waals surface area contributed by atoms with E-state index in [-0.39, 0.29) is 5.69 Å². The van der Waals surface area contributed by atoms with Crippen LogP contribution in [0.15, 0.2) is 24.3 Å². The third kappa shape index (κ3) is 2.91. The van der Waals surface area contributed by atoms with E-state index in [0.29, 0.717) is 5.56 Å². The molecule has 0 fully saturated rings. The Bertz CT molecular complexity index is 437. The smallest absolute Gasteiger partial charge is 0.328 e. The number of carboxylic acid groups (broad SMARTS) is 1. The van der Waals surface area contributed by atoms with Crippen LogP contribution in [0.1, 0.15) is 11.1 Å². The average Bonchev–Trinajstić information content (AvgIpc) is 2.16. The predicted molar refractivity (Wildman–Crippen MR) is 54.5 cm³/mol. The number of carbonyl (C=O) groups is 1. The van der Waals surface area contributed by atoms with Crippen LogP contribution < -0.4 is 0 Å². The molecule has 0 atom stereocenters. The Hall–Kier alpha value is -2.17. The predicted octanol–water partition coefficient (Wildman–Crippen LogP) is 2.00. The lowest BCUT2D eigenvalue weighted by Crippen LogP contribution is -1.91. The number of aliphatic carboxylic acids is 1. The highest BCUT2D eigenvalue weighted by Crippen LogP contribution is 2.18. The molecule has 0 saturated heterocycles. The van der Waals surface area contributed by atoms with E-state index >= 15 is 0 Å². The Morgan fingerprint density at radius 1 is 1.53 bits per heavy atom. The first-order valence-electron chi connectivity index (χ1n) is 4.17. The molecule has 0 saturated carbocycles. The van der Waals surface area contributed by atoms with Crippen molar-refractivity contribution in [1.82, 2.24) is 0 Å². The zero-order chi connectivity index (χ0) is 11.4. The lowest BCUT2D eigenvalue weighted by Gasteiger charge is -1.99. The van der Waals surface area contributed by atoms with Crippen molar-refractivity contribution < 1.29 is 14.8 Å². The largest absolute Gasteiger partial charge is 0.478 e. The second-order valence-electron chi connectivity index (χ2n) is 2.97. The van der Waals surface area contributed by atoms with Crippen molar-refractivity contribution in [2.45, 2.75) is 6.92 Å². The normalized spacial score (nSPS) is 10.5. The van der Waals surface area contributed by atoms with Crippen LogP contribution in [0, 0.1) is 17.0 Å². The molecule has 1 N–H and O–H groups in total. The summed E-state index contributed by atoms with van der Waals surface area (Å²) in [7, 11) is 0. The number of hydrogen-bond acceptors (Lipinski definition) is 3. The van der Waals surface area contributed by atoms with Crippen molar-refractivity contribution in [2.24, 2.45) is 0 Å². The molecule has 0 aromatic heterocycles. The van der Waals surface area contributed by atoms with E-state index in [1.54, 1.807) is 13.0 Å². The summed E-state index contributed by atoms with van der Waals surface area (Å²) in [6.07, 6.45) is 2.29. The van der Waals surface area contributed by atoms with Crippen LogP contribution in [0.25, 0.3) is 6.08 Å². The number of benzene rings is 1. The Kier molecular flexibility index (Phi) is 3.17. The summed E-state index contributed by atoms with van der Waals surface area (Å²) in [5, 5.41) is 18.9. The van der Waals surface area contributed by atoms with Crippen LogP contribution in [-0.4, -0.2) is 16.0 Å². The van der Waals surface area contributed by atoms with Gasteiger partial charge in [0.25, 0.3) is 5.69 Å². The summed E-state index contributed by atoms with van der Waals surface area (Å²) in [5.41, 5.74) is 1.27. The highest BCUT2D eigenvalue weighted by molar-refractivity contribution is 5.85. The van der Waals surface area contributed by atoms with Crippen molar-refractivity contribution in [3.05, 3.63) is 45.5 Å². The highest BCUT2D eigenvalue weighted by Gasteiger charge is 2.06. The van der Waals surface area contributed by atoms with Crippen LogP contribution in [0.4, 0.5) is 5.69 Å². The van der Waals surface area contributed by atoms with Gasteiger partial charge in [0.15, 0.2) is 0 Å². The molecule has 0 aliphatic heterocycles. The van der Waals surface area contributed by atoms with E-state index in [0.717, 1.165) is 11.6 Å². The molecule has 5 nitrogen and oxygen atoms in total. The Balaban J connectivity index is 3.11. The zero-order valence-corrected chi connectivity index (χ0v) is 8.01. The Labute approximate surface area is 85.8 Å². The molecule has 0 aliphatic carbocycles. The fourth-order valence-electron chi connectivity index (χ4n) is 1.08. The van der Waals surface area contributed by atoms with Gasteiger partial charge in [0.05, 0.1) is 4.92 Å². The monoisotopic (exact) mass is 207 g/mol. The molecule has 1 aromatic rings. The van der Waals surface area contributed by atoms with Crippen molar-refractivity contribution in [1.29, 1.82) is 0 Å². The first kappa shape index (κ1) is 10.9. The molecule has 1 aromatic carbocycles. The molecular weight excluding hydrogens is 198 g/mol. The van der Waals surface area contributed by atoms with Gasteiger partial charge in [-0.3, -0.25) is 10.1 Å². The van der Waals surface area contributed by atoms with Gasteiger partial charge in [0, 0.05) is 18.2 Å². The van der Waals surface area contributed by atoms with Crippen LogP contribution in [0.3, 0.4) is 0 Å². The van der Waals surface area contributed by atoms with Gasteiger partial charge in [-0.25, -0.2) is 4.79 Å². The van der Waals surface area contributed by atoms with E-state index in [1.807, 2.05) is 0 Å². The van der Waals surface area contributed by atoms with Crippen molar-refractivity contribution >= 4 is 17.7 Å². The van der Waals surface area contributed by atoms with Crippen LogP contribution >= 0.6 is 0 Å². The lowest BCUT2D eigenvalue weighted by atomic mass is 10.1. The number of nitrogens with zero attached hydrogens (tertiary/aromatic N) is 1. The van der Waals surface area contributed by atoms with Gasteiger partial charge in [-0.2, -0.15) is 0 Å². The van der Waals surface area contributed by atoms with Gasteiger partial charge in [0.1, 0.15) is 0 Å². The maximum absolute atomic E-state index is 10.5.